The molecule has 0 spiro atoms. The van der Waals surface area contributed by atoms with Crippen molar-refractivity contribution in [2.45, 2.75) is 26.8 Å². The molecular weight excluding hydrogens is 216 g/mol. The molecule has 0 atom stereocenters. The van der Waals surface area contributed by atoms with Gasteiger partial charge in [0.15, 0.2) is 0 Å². The summed E-state index contributed by atoms with van der Waals surface area (Å²) in [7, 11) is 0. The molecule has 2 N–H and O–H groups in total. The van der Waals surface area contributed by atoms with Crippen LogP contribution in [0.3, 0.4) is 0 Å². The maximum Gasteiger partial charge on any atom is 0.310 e. The fourth-order valence-corrected chi connectivity index (χ4v) is 1.77. The van der Waals surface area contributed by atoms with E-state index in [1.54, 1.807) is 19.1 Å². The first-order chi connectivity index (χ1) is 8.12. The van der Waals surface area contributed by atoms with Gasteiger partial charge in [0.25, 0.3) is 0 Å². The molecule has 0 aromatic heterocycles. The Balaban J connectivity index is 3.08. The number of nitrogens with two attached hydrogens (primary N) is 1. The fourth-order valence-electron chi connectivity index (χ4n) is 1.77. The van der Waals surface area contributed by atoms with Crippen molar-refractivity contribution in [2.24, 2.45) is 5.73 Å². The number of rotatable bonds is 4. The third-order valence-electron chi connectivity index (χ3n) is 2.54. The predicted molar refractivity (Wildman–Crippen MR) is 64.1 cm³/mol. The Morgan fingerprint density at radius 2 is 2.24 bits per heavy atom. The molecule has 1 aromatic carbocycles. The highest BCUT2D eigenvalue weighted by atomic mass is 16.5. The lowest BCUT2D eigenvalue weighted by Gasteiger charge is -2.11. The molecule has 4 heteroatoms. The summed E-state index contributed by atoms with van der Waals surface area (Å²) in [4.78, 5) is 11.4. The highest BCUT2D eigenvalue weighted by Crippen LogP contribution is 2.17. The Bertz CT molecular complexity index is 461. The van der Waals surface area contributed by atoms with Crippen LogP contribution in [0, 0.1) is 18.3 Å². The van der Waals surface area contributed by atoms with Gasteiger partial charge in [-0.3, -0.25) is 4.79 Å². The Labute approximate surface area is 101 Å². The van der Waals surface area contributed by atoms with Gasteiger partial charge in [-0.05, 0) is 42.7 Å². The van der Waals surface area contributed by atoms with Gasteiger partial charge in [0.2, 0.25) is 0 Å². The van der Waals surface area contributed by atoms with Crippen molar-refractivity contribution in [2.75, 3.05) is 6.61 Å². The molecule has 0 radical (unpaired) electrons. The molecule has 1 rings (SSSR count). The molecule has 4 nitrogen and oxygen atoms in total. The average Bonchev–Trinajstić information content (AvgIpc) is 2.28. The van der Waals surface area contributed by atoms with Crippen LogP contribution in [-0.2, 0) is 22.5 Å². The van der Waals surface area contributed by atoms with Crippen molar-refractivity contribution in [3.63, 3.8) is 0 Å². The Morgan fingerprint density at radius 1 is 1.53 bits per heavy atom. The molecular formula is C13H16N2O2. The van der Waals surface area contributed by atoms with Gasteiger partial charge in [-0.15, -0.1) is 0 Å². The van der Waals surface area contributed by atoms with Gasteiger partial charge in [-0.2, -0.15) is 5.26 Å². The van der Waals surface area contributed by atoms with Gasteiger partial charge in [0.1, 0.15) is 0 Å². The number of hydrogen-bond acceptors (Lipinski definition) is 4. The third kappa shape index (κ3) is 3.30. The zero-order chi connectivity index (χ0) is 12.8. The topological polar surface area (TPSA) is 76.1 Å². The van der Waals surface area contributed by atoms with Gasteiger partial charge in [0, 0.05) is 6.54 Å². The van der Waals surface area contributed by atoms with Crippen LogP contribution >= 0.6 is 0 Å². The third-order valence-corrected chi connectivity index (χ3v) is 2.54. The van der Waals surface area contributed by atoms with Crippen molar-refractivity contribution in [1.82, 2.24) is 0 Å². The van der Waals surface area contributed by atoms with E-state index in [4.69, 9.17) is 15.7 Å². The standard InChI is InChI=1S/C13H16N2O2/c1-3-17-13(16)6-11-5-10(7-14)4-9(2)12(11)8-15/h4-5H,3,6,8,15H2,1-2H3. The summed E-state index contributed by atoms with van der Waals surface area (Å²) in [6, 6.07) is 5.55. The molecule has 0 aliphatic rings. The van der Waals surface area contributed by atoms with E-state index in [0.29, 0.717) is 18.7 Å². The van der Waals surface area contributed by atoms with E-state index in [0.717, 1.165) is 16.7 Å². The molecule has 0 aliphatic carbocycles. The Kier molecular flexibility index (Phi) is 4.68. The summed E-state index contributed by atoms with van der Waals surface area (Å²) in [6.07, 6.45) is 0.163. The maximum absolute atomic E-state index is 11.4. The fraction of sp³-hybridized carbons (Fsp3) is 0.385. The molecule has 0 unspecified atom stereocenters. The van der Waals surface area contributed by atoms with Gasteiger partial charge in [0.05, 0.1) is 24.7 Å². The lowest BCUT2D eigenvalue weighted by molar-refractivity contribution is -0.142. The van der Waals surface area contributed by atoms with Crippen molar-refractivity contribution in [1.29, 1.82) is 5.26 Å². The largest absolute Gasteiger partial charge is 0.466 e. The summed E-state index contributed by atoms with van der Waals surface area (Å²) >= 11 is 0. The number of benzene rings is 1. The number of esters is 1. The van der Waals surface area contributed by atoms with Crippen molar-refractivity contribution in [3.05, 3.63) is 34.4 Å². The minimum atomic E-state index is -0.295. The first-order valence-electron chi connectivity index (χ1n) is 5.50. The number of ether oxygens (including phenoxy) is 1. The molecule has 0 bridgehead atoms. The van der Waals surface area contributed by atoms with E-state index in [2.05, 4.69) is 6.07 Å². The van der Waals surface area contributed by atoms with Crippen molar-refractivity contribution in [3.8, 4) is 6.07 Å². The Morgan fingerprint density at radius 3 is 2.76 bits per heavy atom. The molecule has 0 amide bonds. The zero-order valence-electron chi connectivity index (χ0n) is 10.1. The summed E-state index contributed by atoms with van der Waals surface area (Å²) in [5.74, 6) is -0.295. The van der Waals surface area contributed by atoms with Crippen LogP contribution in [0.2, 0.25) is 0 Å². The van der Waals surface area contributed by atoms with E-state index >= 15 is 0 Å². The number of aryl methyl sites for hydroxylation is 1. The first-order valence-corrected chi connectivity index (χ1v) is 5.50. The second kappa shape index (κ2) is 6.02. The first kappa shape index (κ1) is 13.2. The van der Waals surface area contributed by atoms with Gasteiger partial charge >= 0.3 is 5.97 Å². The summed E-state index contributed by atoms with van der Waals surface area (Å²) in [6.45, 7) is 4.36. The minimum absolute atomic E-state index is 0.163. The second-order valence-electron chi connectivity index (χ2n) is 3.73. The Hall–Kier alpha value is -1.86. The van der Waals surface area contributed by atoms with Crippen LogP contribution in [0.25, 0.3) is 0 Å². The number of carbonyl (C=O) groups is 1. The summed E-state index contributed by atoms with van der Waals surface area (Å²) in [5.41, 5.74) is 8.83. The smallest absolute Gasteiger partial charge is 0.310 e. The number of nitrogens with zero attached hydrogens (tertiary/aromatic N) is 1. The lowest BCUT2D eigenvalue weighted by atomic mass is 9.97. The molecule has 17 heavy (non-hydrogen) atoms. The molecule has 0 heterocycles. The van der Waals surface area contributed by atoms with Crippen LogP contribution in [0.1, 0.15) is 29.2 Å². The van der Waals surface area contributed by atoms with E-state index in [1.807, 2.05) is 6.92 Å². The van der Waals surface area contributed by atoms with E-state index in [-0.39, 0.29) is 12.4 Å². The van der Waals surface area contributed by atoms with E-state index in [1.165, 1.54) is 0 Å². The second-order valence-corrected chi connectivity index (χ2v) is 3.73. The van der Waals surface area contributed by atoms with Crippen molar-refractivity contribution >= 4 is 5.97 Å². The minimum Gasteiger partial charge on any atom is -0.466 e. The average molecular weight is 232 g/mol. The van der Waals surface area contributed by atoms with Crippen LogP contribution in [0.5, 0.6) is 0 Å². The summed E-state index contributed by atoms with van der Waals surface area (Å²) < 4.78 is 4.90. The normalized spacial score (nSPS) is 9.76. The highest BCUT2D eigenvalue weighted by molar-refractivity contribution is 5.73. The molecule has 0 aliphatic heterocycles. The maximum atomic E-state index is 11.4. The van der Waals surface area contributed by atoms with E-state index < -0.39 is 0 Å². The zero-order valence-corrected chi connectivity index (χ0v) is 10.1. The number of hydrogen-bond donors (Lipinski definition) is 1. The SMILES string of the molecule is CCOC(=O)Cc1cc(C#N)cc(C)c1CN. The predicted octanol–water partition coefficient (Wildman–Crippen LogP) is 1.43. The van der Waals surface area contributed by atoms with Crippen LogP contribution in [0.15, 0.2) is 12.1 Å². The molecule has 90 valence electrons. The molecule has 0 saturated heterocycles. The number of carbonyl (C=O) groups excluding carboxylic acids is 1. The van der Waals surface area contributed by atoms with E-state index in [9.17, 15) is 4.79 Å². The van der Waals surface area contributed by atoms with Crippen LogP contribution in [-0.4, -0.2) is 12.6 Å². The lowest BCUT2D eigenvalue weighted by Crippen LogP contribution is -2.12. The van der Waals surface area contributed by atoms with Gasteiger partial charge < -0.3 is 10.5 Å². The highest BCUT2D eigenvalue weighted by Gasteiger charge is 2.11. The van der Waals surface area contributed by atoms with Gasteiger partial charge in [-0.1, -0.05) is 0 Å². The van der Waals surface area contributed by atoms with Crippen LogP contribution in [0.4, 0.5) is 0 Å². The molecule has 1 aromatic rings. The molecule has 0 fully saturated rings. The summed E-state index contributed by atoms with van der Waals surface area (Å²) in [5, 5.41) is 8.89. The van der Waals surface area contributed by atoms with Gasteiger partial charge in [-0.25, -0.2) is 0 Å². The monoisotopic (exact) mass is 232 g/mol. The molecule has 0 saturated carbocycles. The van der Waals surface area contributed by atoms with Crippen molar-refractivity contribution < 1.29 is 9.53 Å². The van der Waals surface area contributed by atoms with Crippen LogP contribution < -0.4 is 5.73 Å². The number of nitriles is 1. The quantitative estimate of drug-likeness (QED) is 0.797.